The summed E-state index contributed by atoms with van der Waals surface area (Å²) in [5.74, 6) is 1.29. The highest BCUT2D eigenvalue weighted by molar-refractivity contribution is 5.81. The number of hydrogen-bond acceptors (Lipinski definition) is 3. The van der Waals surface area contributed by atoms with Crippen molar-refractivity contribution in [3.63, 3.8) is 0 Å². The van der Waals surface area contributed by atoms with Crippen LogP contribution in [0.15, 0.2) is 65.7 Å². The van der Waals surface area contributed by atoms with Gasteiger partial charge in [-0.3, -0.25) is 9.79 Å². The number of guanidine groups is 1. The molecule has 166 valence electrons. The molecule has 2 N–H and O–H groups in total. The molecule has 3 rings (SSSR count). The lowest BCUT2D eigenvalue weighted by Crippen LogP contribution is -2.40. The van der Waals surface area contributed by atoms with Crippen molar-refractivity contribution in [3.8, 4) is 0 Å². The number of nitrogens with one attached hydrogen (secondary N) is 2. The topological polar surface area (TPSA) is 66.0 Å². The van der Waals surface area contributed by atoms with Gasteiger partial charge in [0.1, 0.15) is 6.10 Å². The fourth-order valence-electron chi connectivity index (χ4n) is 3.86. The van der Waals surface area contributed by atoms with Crippen molar-refractivity contribution in [3.05, 3.63) is 71.8 Å². The maximum absolute atomic E-state index is 12.4. The number of rotatable bonds is 10. The van der Waals surface area contributed by atoms with Gasteiger partial charge < -0.3 is 20.3 Å². The van der Waals surface area contributed by atoms with Gasteiger partial charge in [-0.15, -0.1) is 0 Å². The smallest absolute Gasteiger partial charge is 0.223 e. The molecule has 1 fully saturated rings. The van der Waals surface area contributed by atoms with Crippen LogP contribution in [0.4, 0.5) is 0 Å². The molecule has 2 aromatic rings. The molecule has 1 amide bonds. The first-order valence-corrected chi connectivity index (χ1v) is 11.1. The molecule has 0 aromatic heterocycles. The summed E-state index contributed by atoms with van der Waals surface area (Å²) >= 11 is 0. The van der Waals surface area contributed by atoms with Gasteiger partial charge in [0.05, 0.1) is 6.54 Å². The summed E-state index contributed by atoms with van der Waals surface area (Å²) in [6.07, 6.45) is 1.40. The van der Waals surface area contributed by atoms with Crippen LogP contribution in [0.25, 0.3) is 0 Å². The van der Waals surface area contributed by atoms with Crippen molar-refractivity contribution in [2.75, 3.05) is 39.8 Å². The first-order valence-electron chi connectivity index (χ1n) is 11.1. The standard InChI is InChI=1S/C25H34N4O2/c1-3-26-25(28-18-23(31-2)22-12-8-5-9-13-22)27-17-21-16-24(30)29(19-21)15-14-20-10-6-4-7-11-20/h4-13,21,23H,3,14-19H2,1-2H3,(H2,26,27,28). The Balaban J connectivity index is 1.49. The summed E-state index contributed by atoms with van der Waals surface area (Å²) in [5, 5.41) is 6.70. The van der Waals surface area contributed by atoms with Crippen molar-refractivity contribution >= 4 is 11.9 Å². The van der Waals surface area contributed by atoms with Gasteiger partial charge in [-0.25, -0.2) is 0 Å². The molecule has 6 heteroatoms. The Labute approximate surface area is 185 Å². The van der Waals surface area contributed by atoms with Crippen LogP contribution in [-0.2, 0) is 16.0 Å². The number of hydrogen-bond donors (Lipinski definition) is 2. The van der Waals surface area contributed by atoms with Gasteiger partial charge in [-0.2, -0.15) is 0 Å². The molecule has 2 aromatic carbocycles. The van der Waals surface area contributed by atoms with E-state index >= 15 is 0 Å². The lowest BCUT2D eigenvalue weighted by Gasteiger charge is -2.18. The molecular weight excluding hydrogens is 388 g/mol. The van der Waals surface area contributed by atoms with E-state index in [1.165, 1.54) is 5.56 Å². The van der Waals surface area contributed by atoms with Crippen LogP contribution in [0, 0.1) is 5.92 Å². The average Bonchev–Trinajstić information content (AvgIpc) is 3.17. The number of carbonyl (C=O) groups is 1. The number of methoxy groups -OCH3 is 1. The van der Waals surface area contributed by atoms with Crippen LogP contribution in [-0.4, -0.2) is 56.6 Å². The molecular formula is C25H34N4O2. The number of ether oxygens (including phenoxy) is 1. The van der Waals surface area contributed by atoms with Gasteiger partial charge in [-0.05, 0) is 24.5 Å². The lowest BCUT2D eigenvalue weighted by atomic mass is 10.1. The normalized spacial score (nSPS) is 17.6. The monoisotopic (exact) mass is 422 g/mol. The third-order valence-corrected chi connectivity index (χ3v) is 5.58. The molecule has 2 unspecified atom stereocenters. The van der Waals surface area contributed by atoms with E-state index in [-0.39, 0.29) is 12.0 Å². The number of benzene rings is 2. The van der Waals surface area contributed by atoms with Crippen molar-refractivity contribution in [1.82, 2.24) is 15.5 Å². The molecule has 1 aliphatic heterocycles. The molecule has 1 saturated heterocycles. The molecule has 0 spiro atoms. The van der Waals surface area contributed by atoms with Crippen molar-refractivity contribution < 1.29 is 9.53 Å². The Morgan fingerprint density at radius 2 is 1.84 bits per heavy atom. The molecule has 31 heavy (non-hydrogen) atoms. The lowest BCUT2D eigenvalue weighted by molar-refractivity contribution is -0.127. The predicted molar refractivity (Wildman–Crippen MR) is 125 cm³/mol. The van der Waals surface area contributed by atoms with Gasteiger partial charge in [0, 0.05) is 45.6 Å². The first-order chi connectivity index (χ1) is 15.2. The first kappa shape index (κ1) is 22.8. The minimum atomic E-state index is -0.0850. The Morgan fingerprint density at radius 3 is 2.52 bits per heavy atom. The van der Waals surface area contributed by atoms with E-state index in [4.69, 9.17) is 9.73 Å². The van der Waals surface area contributed by atoms with Gasteiger partial charge in [0.2, 0.25) is 5.91 Å². The average molecular weight is 423 g/mol. The van der Waals surface area contributed by atoms with E-state index in [2.05, 4.69) is 34.9 Å². The Hall–Kier alpha value is -2.86. The molecule has 0 aliphatic carbocycles. The summed E-state index contributed by atoms with van der Waals surface area (Å²) in [5.41, 5.74) is 2.38. The quantitative estimate of drug-likeness (QED) is 0.456. The number of amides is 1. The Morgan fingerprint density at radius 1 is 1.13 bits per heavy atom. The number of likely N-dealkylation sites (tertiary alicyclic amines) is 1. The third kappa shape index (κ3) is 7.10. The summed E-state index contributed by atoms with van der Waals surface area (Å²) in [6.45, 7) is 5.65. The minimum Gasteiger partial charge on any atom is -0.375 e. The van der Waals surface area contributed by atoms with E-state index in [0.717, 1.165) is 44.1 Å². The number of aliphatic imine (C=N–C) groups is 1. The van der Waals surface area contributed by atoms with Gasteiger partial charge in [-0.1, -0.05) is 60.7 Å². The molecule has 0 bridgehead atoms. The molecule has 1 aliphatic rings. The highest BCUT2D eigenvalue weighted by Crippen LogP contribution is 2.18. The fourth-order valence-corrected chi connectivity index (χ4v) is 3.86. The van der Waals surface area contributed by atoms with Crippen LogP contribution in [0.5, 0.6) is 0 Å². The van der Waals surface area contributed by atoms with Crippen LogP contribution in [0.2, 0.25) is 0 Å². The summed E-state index contributed by atoms with van der Waals surface area (Å²) in [7, 11) is 1.71. The summed E-state index contributed by atoms with van der Waals surface area (Å²) in [4.78, 5) is 19.1. The second kappa shape index (κ2) is 12.1. The van der Waals surface area contributed by atoms with Crippen LogP contribution in [0.1, 0.15) is 30.6 Å². The van der Waals surface area contributed by atoms with Crippen LogP contribution < -0.4 is 10.6 Å². The number of nitrogens with zero attached hydrogens (tertiary/aromatic N) is 2. The van der Waals surface area contributed by atoms with Crippen molar-refractivity contribution in [2.24, 2.45) is 10.9 Å². The SMILES string of the molecule is CCNC(=NCC(OC)c1ccccc1)NCC1CC(=O)N(CCc2ccccc2)C1. The summed E-state index contributed by atoms with van der Waals surface area (Å²) < 4.78 is 5.62. The van der Waals surface area contributed by atoms with Gasteiger partial charge in [0.25, 0.3) is 0 Å². The van der Waals surface area contributed by atoms with Gasteiger partial charge >= 0.3 is 0 Å². The molecule has 1 heterocycles. The Bertz CT molecular complexity index is 826. The van der Waals surface area contributed by atoms with Crippen LogP contribution in [0.3, 0.4) is 0 Å². The van der Waals surface area contributed by atoms with Crippen LogP contribution >= 0.6 is 0 Å². The zero-order valence-corrected chi connectivity index (χ0v) is 18.6. The van der Waals surface area contributed by atoms with E-state index in [1.54, 1.807) is 7.11 Å². The second-order valence-corrected chi connectivity index (χ2v) is 7.88. The molecule has 0 saturated carbocycles. The van der Waals surface area contributed by atoms with E-state index < -0.39 is 0 Å². The van der Waals surface area contributed by atoms with E-state index in [0.29, 0.717) is 18.9 Å². The largest absolute Gasteiger partial charge is 0.375 e. The fraction of sp³-hybridized carbons (Fsp3) is 0.440. The molecule has 2 atom stereocenters. The van der Waals surface area contributed by atoms with Crippen molar-refractivity contribution in [1.29, 1.82) is 0 Å². The van der Waals surface area contributed by atoms with Gasteiger partial charge in [0.15, 0.2) is 5.96 Å². The number of carbonyl (C=O) groups excluding carboxylic acids is 1. The maximum Gasteiger partial charge on any atom is 0.223 e. The highest BCUT2D eigenvalue weighted by Gasteiger charge is 2.29. The second-order valence-electron chi connectivity index (χ2n) is 7.88. The Kier molecular flexibility index (Phi) is 8.91. The maximum atomic E-state index is 12.4. The molecule has 6 nitrogen and oxygen atoms in total. The summed E-state index contributed by atoms with van der Waals surface area (Å²) in [6, 6.07) is 20.5. The highest BCUT2D eigenvalue weighted by atomic mass is 16.5. The van der Waals surface area contributed by atoms with E-state index in [1.807, 2.05) is 48.2 Å². The predicted octanol–water partition coefficient (Wildman–Crippen LogP) is 3.02. The minimum absolute atomic E-state index is 0.0850. The third-order valence-electron chi connectivity index (χ3n) is 5.58. The van der Waals surface area contributed by atoms with Crippen molar-refractivity contribution in [2.45, 2.75) is 25.9 Å². The zero-order chi connectivity index (χ0) is 21.9. The van der Waals surface area contributed by atoms with E-state index in [9.17, 15) is 4.79 Å². The zero-order valence-electron chi connectivity index (χ0n) is 18.6. The molecule has 0 radical (unpaired) electrons.